The van der Waals surface area contributed by atoms with Crippen LogP contribution in [0, 0.1) is 0 Å². The number of hydrogen-bond donors (Lipinski definition) is 1. The Morgan fingerprint density at radius 2 is 1.95 bits per heavy atom. The van der Waals surface area contributed by atoms with E-state index >= 15 is 0 Å². The second kappa shape index (κ2) is 8.98. The first-order chi connectivity index (χ1) is 9.13. The second-order valence-electron chi connectivity index (χ2n) is 5.57. The number of hydrogen-bond acceptors (Lipinski definition) is 2. The van der Waals surface area contributed by atoms with E-state index in [1.54, 1.807) is 0 Å². The van der Waals surface area contributed by atoms with Crippen LogP contribution in [0.25, 0.3) is 0 Å². The number of nitrogens with one attached hydrogen (secondary N) is 1. The summed E-state index contributed by atoms with van der Waals surface area (Å²) < 4.78 is 5.95. The number of rotatable bonds is 9. The summed E-state index contributed by atoms with van der Waals surface area (Å²) in [6, 6.07) is 8.43. The average Bonchev–Trinajstić information content (AvgIpc) is 2.38. The Hall–Kier alpha value is -1.02. The quantitative estimate of drug-likeness (QED) is 0.668. The van der Waals surface area contributed by atoms with Gasteiger partial charge in [-0.25, -0.2) is 0 Å². The summed E-state index contributed by atoms with van der Waals surface area (Å²) in [5.74, 6) is 1.53. The first-order valence-corrected chi connectivity index (χ1v) is 7.60. The standard InChI is InChI=1S/C17H29NO/c1-5-6-7-11-18-13-15(4)19-17-10-8-9-16(12-17)14(2)3/h8-10,12,14-15,18H,5-7,11,13H2,1-4H3. The Kier molecular flexibility index (Phi) is 7.57. The molecule has 1 unspecified atom stereocenters. The monoisotopic (exact) mass is 263 g/mol. The third-order valence-electron chi connectivity index (χ3n) is 3.25. The van der Waals surface area contributed by atoms with E-state index in [1.165, 1.54) is 24.8 Å². The molecule has 0 saturated heterocycles. The van der Waals surface area contributed by atoms with Crippen LogP contribution in [0.4, 0.5) is 0 Å². The van der Waals surface area contributed by atoms with Gasteiger partial charge in [-0.05, 0) is 43.5 Å². The van der Waals surface area contributed by atoms with Gasteiger partial charge in [-0.3, -0.25) is 0 Å². The highest BCUT2D eigenvalue weighted by Crippen LogP contribution is 2.20. The number of ether oxygens (including phenoxy) is 1. The molecule has 0 aliphatic heterocycles. The maximum atomic E-state index is 5.95. The molecule has 108 valence electrons. The molecule has 0 bridgehead atoms. The molecule has 2 heteroatoms. The summed E-state index contributed by atoms with van der Waals surface area (Å²) in [5, 5.41) is 3.45. The van der Waals surface area contributed by atoms with E-state index in [2.05, 4.69) is 51.2 Å². The molecule has 0 heterocycles. The zero-order chi connectivity index (χ0) is 14.1. The molecule has 1 N–H and O–H groups in total. The van der Waals surface area contributed by atoms with E-state index < -0.39 is 0 Å². The Balaban J connectivity index is 2.31. The van der Waals surface area contributed by atoms with Crippen LogP contribution in [0.5, 0.6) is 5.75 Å². The van der Waals surface area contributed by atoms with Crippen molar-refractivity contribution in [1.82, 2.24) is 5.32 Å². The largest absolute Gasteiger partial charge is 0.489 e. The molecule has 0 fully saturated rings. The van der Waals surface area contributed by atoms with Gasteiger partial charge in [0.2, 0.25) is 0 Å². The fraction of sp³-hybridized carbons (Fsp3) is 0.647. The van der Waals surface area contributed by atoms with Crippen molar-refractivity contribution in [2.24, 2.45) is 0 Å². The zero-order valence-corrected chi connectivity index (χ0v) is 12.9. The van der Waals surface area contributed by atoms with Gasteiger partial charge in [0.1, 0.15) is 11.9 Å². The SMILES string of the molecule is CCCCCNCC(C)Oc1cccc(C(C)C)c1. The molecule has 1 atom stereocenters. The smallest absolute Gasteiger partial charge is 0.120 e. The first kappa shape index (κ1) is 16.0. The van der Waals surface area contributed by atoms with E-state index in [9.17, 15) is 0 Å². The summed E-state index contributed by atoms with van der Waals surface area (Å²) in [6.45, 7) is 10.8. The maximum Gasteiger partial charge on any atom is 0.120 e. The van der Waals surface area contributed by atoms with E-state index in [1.807, 2.05) is 6.07 Å². The Labute approximate surface area is 118 Å². The minimum absolute atomic E-state index is 0.212. The van der Waals surface area contributed by atoms with E-state index in [0.29, 0.717) is 5.92 Å². The Morgan fingerprint density at radius 3 is 2.63 bits per heavy atom. The third-order valence-corrected chi connectivity index (χ3v) is 3.25. The van der Waals surface area contributed by atoms with Crippen molar-refractivity contribution < 1.29 is 4.74 Å². The van der Waals surface area contributed by atoms with Crippen LogP contribution in [-0.4, -0.2) is 19.2 Å². The lowest BCUT2D eigenvalue weighted by Gasteiger charge is -2.16. The summed E-state index contributed by atoms with van der Waals surface area (Å²) >= 11 is 0. The predicted octanol–water partition coefficient (Wildman–Crippen LogP) is 4.36. The zero-order valence-electron chi connectivity index (χ0n) is 12.9. The molecule has 1 rings (SSSR count). The van der Waals surface area contributed by atoms with E-state index in [0.717, 1.165) is 18.8 Å². The lowest BCUT2D eigenvalue weighted by molar-refractivity contribution is 0.217. The summed E-state index contributed by atoms with van der Waals surface area (Å²) in [6.07, 6.45) is 4.05. The van der Waals surface area contributed by atoms with Crippen LogP contribution in [-0.2, 0) is 0 Å². The fourth-order valence-corrected chi connectivity index (χ4v) is 2.03. The van der Waals surface area contributed by atoms with Gasteiger partial charge in [0.15, 0.2) is 0 Å². The fourth-order valence-electron chi connectivity index (χ4n) is 2.03. The molecular formula is C17H29NO. The molecule has 0 radical (unpaired) electrons. The van der Waals surface area contributed by atoms with Crippen LogP contribution in [0.3, 0.4) is 0 Å². The molecule has 1 aromatic carbocycles. The second-order valence-corrected chi connectivity index (χ2v) is 5.57. The van der Waals surface area contributed by atoms with E-state index in [4.69, 9.17) is 4.74 Å². The van der Waals surface area contributed by atoms with Crippen molar-refractivity contribution in [1.29, 1.82) is 0 Å². The minimum Gasteiger partial charge on any atom is -0.489 e. The van der Waals surface area contributed by atoms with Crippen molar-refractivity contribution in [3.8, 4) is 5.75 Å². The molecule has 0 aliphatic carbocycles. The van der Waals surface area contributed by atoms with Crippen molar-refractivity contribution >= 4 is 0 Å². The normalized spacial score (nSPS) is 12.7. The first-order valence-electron chi connectivity index (χ1n) is 7.60. The van der Waals surface area contributed by atoms with Crippen molar-refractivity contribution in [3.63, 3.8) is 0 Å². The van der Waals surface area contributed by atoms with Gasteiger partial charge in [0.25, 0.3) is 0 Å². The molecule has 2 nitrogen and oxygen atoms in total. The summed E-state index contributed by atoms with van der Waals surface area (Å²) in [4.78, 5) is 0. The van der Waals surface area contributed by atoms with Gasteiger partial charge in [0.05, 0.1) is 0 Å². The lowest BCUT2D eigenvalue weighted by Crippen LogP contribution is -2.29. The molecule has 1 aromatic rings. The third kappa shape index (κ3) is 6.63. The highest BCUT2D eigenvalue weighted by Gasteiger charge is 2.05. The van der Waals surface area contributed by atoms with Crippen LogP contribution in [0.15, 0.2) is 24.3 Å². The summed E-state index contributed by atoms with van der Waals surface area (Å²) in [7, 11) is 0. The van der Waals surface area contributed by atoms with Crippen LogP contribution >= 0.6 is 0 Å². The molecular weight excluding hydrogens is 234 g/mol. The topological polar surface area (TPSA) is 21.3 Å². The van der Waals surface area contributed by atoms with Crippen LogP contribution in [0.1, 0.15) is 58.4 Å². The Bertz CT molecular complexity index is 349. The van der Waals surface area contributed by atoms with Crippen molar-refractivity contribution in [2.75, 3.05) is 13.1 Å². The average molecular weight is 263 g/mol. The van der Waals surface area contributed by atoms with Crippen molar-refractivity contribution in [3.05, 3.63) is 29.8 Å². The van der Waals surface area contributed by atoms with Gasteiger partial charge in [0, 0.05) is 6.54 Å². The van der Waals surface area contributed by atoms with E-state index in [-0.39, 0.29) is 6.10 Å². The highest BCUT2D eigenvalue weighted by atomic mass is 16.5. The Morgan fingerprint density at radius 1 is 1.16 bits per heavy atom. The highest BCUT2D eigenvalue weighted by molar-refractivity contribution is 5.30. The van der Waals surface area contributed by atoms with Crippen LogP contribution < -0.4 is 10.1 Å². The van der Waals surface area contributed by atoms with Gasteiger partial charge in [-0.2, -0.15) is 0 Å². The lowest BCUT2D eigenvalue weighted by atomic mass is 10.0. The molecule has 19 heavy (non-hydrogen) atoms. The summed E-state index contributed by atoms with van der Waals surface area (Å²) in [5.41, 5.74) is 1.33. The number of unbranched alkanes of at least 4 members (excludes halogenated alkanes) is 2. The molecule has 0 aromatic heterocycles. The molecule has 0 saturated carbocycles. The van der Waals surface area contributed by atoms with Gasteiger partial charge < -0.3 is 10.1 Å². The van der Waals surface area contributed by atoms with Gasteiger partial charge in [-0.15, -0.1) is 0 Å². The number of benzene rings is 1. The molecule has 0 amide bonds. The molecule has 0 aliphatic rings. The molecule has 0 spiro atoms. The predicted molar refractivity (Wildman–Crippen MR) is 83.0 cm³/mol. The van der Waals surface area contributed by atoms with Crippen molar-refractivity contribution in [2.45, 2.75) is 59.0 Å². The van der Waals surface area contributed by atoms with Gasteiger partial charge in [-0.1, -0.05) is 45.7 Å². The van der Waals surface area contributed by atoms with Gasteiger partial charge >= 0.3 is 0 Å². The minimum atomic E-state index is 0.212. The van der Waals surface area contributed by atoms with Crippen LogP contribution in [0.2, 0.25) is 0 Å². The maximum absolute atomic E-state index is 5.95.